The highest BCUT2D eigenvalue weighted by Crippen LogP contribution is 2.26. The number of hydrogen-bond donors (Lipinski definition) is 0. The molecule has 31 heavy (non-hydrogen) atoms. The van der Waals surface area contributed by atoms with Gasteiger partial charge in [0.15, 0.2) is 28.7 Å². The van der Waals surface area contributed by atoms with Crippen LogP contribution >= 0.6 is 11.8 Å². The number of hydrogen-bond acceptors (Lipinski definition) is 5. The highest BCUT2D eigenvalue weighted by Gasteiger charge is 2.22. The molecule has 0 aliphatic heterocycles. The van der Waals surface area contributed by atoms with Crippen LogP contribution in [0.4, 0.5) is 10.1 Å². The number of amides is 1. The smallest absolute Gasteiger partial charge is 0.237 e. The van der Waals surface area contributed by atoms with Crippen molar-refractivity contribution in [2.45, 2.75) is 31.7 Å². The second kappa shape index (κ2) is 10.8. The molecule has 0 saturated carbocycles. The summed E-state index contributed by atoms with van der Waals surface area (Å²) >= 11 is 1.30. The van der Waals surface area contributed by atoms with E-state index in [9.17, 15) is 9.18 Å². The molecular formula is C23H25FN4O2S. The number of ether oxygens (including phenoxy) is 1. The molecule has 1 unspecified atom stereocenters. The van der Waals surface area contributed by atoms with Crippen molar-refractivity contribution in [1.29, 1.82) is 0 Å². The quantitative estimate of drug-likeness (QED) is 0.332. The maximum atomic E-state index is 13.9. The van der Waals surface area contributed by atoms with E-state index >= 15 is 0 Å². The Morgan fingerprint density at radius 2 is 1.94 bits per heavy atom. The second-order valence-electron chi connectivity index (χ2n) is 6.69. The molecule has 0 aliphatic carbocycles. The minimum absolute atomic E-state index is 0.0240. The van der Waals surface area contributed by atoms with Crippen molar-refractivity contribution in [2.24, 2.45) is 0 Å². The van der Waals surface area contributed by atoms with Crippen LogP contribution in [0.3, 0.4) is 0 Å². The maximum absolute atomic E-state index is 13.9. The van der Waals surface area contributed by atoms with E-state index in [1.165, 1.54) is 17.8 Å². The van der Waals surface area contributed by atoms with Gasteiger partial charge in [-0.05, 0) is 38.1 Å². The van der Waals surface area contributed by atoms with E-state index in [2.05, 4.69) is 16.8 Å². The molecular weight excluding hydrogens is 415 g/mol. The average Bonchev–Trinajstić information content (AvgIpc) is 3.18. The number of carbonyl (C=O) groups excluding carboxylic acids is 1. The largest absolute Gasteiger partial charge is 0.480 e. The van der Waals surface area contributed by atoms with Gasteiger partial charge in [-0.3, -0.25) is 9.36 Å². The molecule has 2 aromatic carbocycles. The lowest BCUT2D eigenvalue weighted by Gasteiger charge is -2.21. The Labute approximate surface area is 185 Å². The fraction of sp³-hybridized carbons (Fsp3) is 0.261. The summed E-state index contributed by atoms with van der Waals surface area (Å²) < 4.78 is 21.5. The van der Waals surface area contributed by atoms with Crippen LogP contribution in [-0.4, -0.2) is 33.0 Å². The van der Waals surface area contributed by atoms with Crippen molar-refractivity contribution in [3.05, 3.63) is 78.9 Å². The summed E-state index contributed by atoms with van der Waals surface area (Å²) in [5, 5.41) is 9.05. The first-order valence-electron chi connectivity index (χ1n) is 9.98. The summed E-state index contributed by atoms with van der Waals surface area (Å²) in [6.45, 7) is 8.53. The Kier molecular flexibility index (Phi) is 7.83. The predicted molar refractivity (Wildman–Crippen MR) is 121 cm³/mol. The molecule has 0 spiro atoms. The number of nitrogens with zero attached hydrogens (tertiary/aromatic N) is 4. The highest BCUT2D eigenvalue weighted by atomic mass is 32.2. The first-order chi connectivity index (χ1) is 15.0. The van der Waals surface area contributed by atoms with Gasteiger partial charge in [0.25, 0.3) is 0 Å². The molecule has 0 bridgehead atoms. The Balaban J connectivity index is 1.73. The van der Waals surface area contributed by atoms with Crippen molar-refractivity contribution in [2.75, 3.05) is 17.2 Å². The molecule has 8 heteroatoms. The van der Waals surface area contributed by atoms with Gasteiger partial charge in [0.2, 0.25) is 5.91 Å². The third-order valence-corrected chi connectivity index (χ3v) is 5.52. The first kappa shape index (κ1) is 22.6. The Hall–Kier alpha value is -3.13. The number of halogens is 1. The summed E-state index contributed by atoms with van der Waals surface area (Å²) in [4.78, 5) is 14.5. The van der Waals surface area contributed by atoms with Crippen molar-refractivity contribution in [3.63, 3.8) is 0 Å². The van der Waals surface area contributed by atoms with Crippen LogP contribution in [0.2, 0.25) is 0 Å². The summed E-state index contributed by atoms with van der Waals surface area (Å²) in [6.07, 6.45) is 1.18. The molecule has 1 heterocycles. The summed E-state index contributed by atoms with van der Waals surface area (Å²) in [6, 6.07) is 15.8. The van der Waals surface area contributed by atoms with E-state index in [1.807, 2.05) is 41.8 Å². The van der Waals surface area contributed by atoms with Crippen molar-refractivity contribution < 1.29 is 13.9 Å². The van der Waals surface area contributed by atoms with E-state index in [1.54, 1.807) is 36.1 Å². The molecule has 0 fully saturated rings. The number of rotatable bonds is 10. The van der Waals surface area contributed by atoms with E-state index in [-0.39, 0.29) is 17.4 Å². The average molecular weight is 441 g/mol. The standard InChI is InChI=1S/C23H25FN4O2S/c1-4-15-28-22(17(3)30-20-14-10-9-13-19(20)24)25-26-23(28)31-16-21(29)27(5-2)18-11-7-6-8-12-18/h4,6-14,17H,1,5,15-16H2,2-3H3. The van der Waals surface area contributed by atoms with Crippen LogP contribution in [0.5, 0.6) is 5.75 Å². The molecule has 3 rings (SSSR count). The third kappa shape index (κ3) is 5.52. The molecule has 0 radical (unpaired) electrons. The fourth-order valence-corrected chi connectivity index (χ4v) is 3.94. The van der Waals surface area contributed by atoms with Crippen molar-refractivity contribution in [3.8, 4) is 5.75 Å². The number of para-hydroxylation sites is 2. The molecule has 6 nitrogen and oxygen atoms in total. The number of aromatic nitrogens is 3. The number of carbonyl (C=O) groups is 1. The minimum Gasteiger partial charge on any atom is -0.480 e. The maximum Gasteiger partial charge on any atom is 0.237 e. The van der Waals surface area contributed by atoms with Crippen LogP contribution in [-0.2, 0) is 11.3 Å². The van der Waals surface area contributed by atoms with E-state index in [4.69, 9.17) is 4.74 Å². The van der Waals surface area contributed by atoms with Gasteiger partial charge in [-0.1, -0.05) is 48.2 Å². The monoisotopic (exact) mass is 440 g/mol. The number of allylic oxidation sites excluding steroid dienone is 1. The summed E-state index contributed by atoms with van der Waals surface area (Å²) in [7, 11) is 0. The fourth-order valence-electron chi connectivity index (χ4n) is 3.11. The number of anilines is 1. The highest BCUT2D eigenvalue weighted by molar-refractivity contribution is 7.99. The molecule has 1 amide bonds. The molecule has 162 valence electrons. The van der Waals surface area contributed by atoms with Crippen LogP contribution in [0.15, 0.2) is 72.4 Å². The van der Waals surface area contributed by atoms with Crippen LogP contribution in [0.25, 0.3) is 0 Å². The first-order valence-corrected chi connectivity index (χ1v) is 11.0. The van der Waals surface area contributed by atoms with Gasteiger partial charge in [0, 0.05) is 18.8 Å². The zero-order chi connectivity index (χ0) is 22.2. The third-order valence-electron chi connectivity index (χ3n) is 4.57. The topological polar surface area (TPSA) is 60.2 Å². The van der Waals surface area contributed by atoms with Gasteiger partial charge >= 0.3 is 0 Å². The van der Waals surface area contributed by atoms with Gasteiger partial charge in [0.05, 0.1) is 5.75 Å². The van der Waals surface area contributed by atoms with Crippen LogP contribution < -0.4 is 9.64 Å². The zero-order valence-corrected chi connectivity index (χ0v) is 18.4. The molecule has 1 atom stereocenters. The number of benzene rings is 2. The van der Waals surface area contributed by atoms with Gasteiger partial charge < -0.3 is 9.64 Å². The number of thioether (sulfide) groups is 1. The van der Waals surface area contributed by atoms with Crippen molar-refractivity contribution in [1.82, 2.24) is 14.8 Å². The van der Waals surface area contributed by atoms with Gasteiger partial charge in [0.1, 0.15) is 0 Å². The molecule has 0 aliphatic rings. The van der Waals surface area contributed by atoms with Crippen molar-refractivity contribution >= 4 is 23.4 Å². The Bertz CT molecular complexity index is 1030. The van der Waals surface area contributed by atoms with Gasteiger partial charge in [-0.15, -0.1) is 16.8 Å². The minimum atomic E-state index is -0.536. The second-order valence-corrected chi connectivity index (χ2v) is 7.64. The molecule has 1 aromatic heterocycles. The van der Waals surface area contributed by atoms with E-state index in [0.717, 1.165) is 5.69 Å². The van der Waals surface area contributed by atoms with E-state index in [0.29, 0.717) is 24.1 Å². The zero-order valence-electron chi connectivity index (χ0n) is 17.6. The normalized spacial score (nSPS) is 11.7. The summed E-state index contributed by atoms with van der Waals surface area (Å²) in [5.74, 6) is 0.428. The SMILES string of the molecule is C=CCn1c(SCC(=O)N(CC)c2ccccc2)nnc1C(C)Oc1ccccc1F. The van der Waals surface area contributed by atoms with Crippen LogP contribution in [0.1, 0.15) is 25.8 Å². The lowest BCUT2D eigenvalue weighted by Crippen LogP contribution is -2.32. The molecule has 0 N–H and O–H groups in total. The Morgan fingerprint density at radius 1 is 1.23 bits per heavy atom. The lowest BCUT2D eigenvalue weighted by atomic mass is 10.3. The van der Waals surface area contributed by atoms with E-state index < -0.39 is 11.9 Å². The molecule has 0 saturated heterocycles. The van der Waals surface area contributed by atoms with Gasteiger partial charge in [-0.25, -0.2) is 4.39 Å². The van der Waals surface area contributed by atoms with Gasteiger partial charge in [-0.2, -0.15) is 0 Å². The molecule has 3 aromatic rings. The Morgan fingerprint density at radius 3 is 2.61 bits per heavy atom. The predicted octanol–water partition coefficient (Wildman–Crippen LogP) is 4.89. The summed E-state index contributed by atoms with van der Waals surface area (Å²) in [5.41, 5.74) is 0.857. The van der Waals surface area contributed by atoms with Crippen LogP contribution in [0, 0.1) is 5.82 Å². The lowest BCUT2D eigenvalue weighted by molar-refractivity contribution is -0.116.